The Morgan fingerprint density at radius 3 is 2.47 bits per heavy atom. The van der Waals surface area contributed by atoms with Crippen LogP contribution < -0.4 is 0 Å². The van der Waals surface area contributed by atoms with Crippen LogP contribution in [0.1, 0.15) is 10.4 Å². The molecule has 0 spiro atoms. The van der Waals surface area contributed by atoms with E-state index in [1.807, 2.05) is 0 Å². The van der Waals surface area contributed by atoms with Gasteiger partial charge in [-0.05, 0) is 42.0 Å². The molecule has 86 valence electrons. The molecule has 0 aliphatic heterocycles. The van der Waals surface area contributed by atoms with Gasteiger partial charge >= 0.3 is 0 Å². The predicted octanol–water partition coefficient (Wildman–Crippen LogP) is 4.10. The number of benzene rings is 2. The SMILES string of the molecule is O=Cc1cc(F)cc(-c2cc(F)ccc2Cl)c1. The average molecular weight is 253 g/mol. The van der Waals surface area contributed by atoms with Crippen molar-refractivity contribution in [3.63, 3.8) is 0 Å². The Kier molecular flexibility index (Phi) is 3.20. The number of halogens is 3. The summed E-state index contributed by atoms with van der Waals surface area (Å²) >= 11 is 5.90. The summed E-state index contributed by atoms with van der Waals surface area (Å²) in [6.07, 6.45) is 0.528. The molecule has 0 aromatic heterocycles. The van der Waals surface area contributed by atoms with Gasteiger partial charge in [0.1, 0.15) is 17.9 Å². The van der Waals surface area contributed by atoms with E-state index in [2.05, 4.69) is 0 Å². The molecule has 0 amide bonds. The summed E-state index contributed by atoms with van der Waals surface area (Å²) in [5.41, 5.74) is 0.909. The zero-order valence-corrected chi connectivity index (χ0v) is 9.34. The number of carbonyl (C=O) groups is 1. The molecule has 2 aromatic rings. The minimum atomic E-state index is -0.565. The van der Waals surface area contributed by atoms with Crippen LogP contribution in [0.5, 0.6) is 0 Å². The first-order valence-corrected chi connectivity index (χ1v) is 5.19. The third-order valence-corrected chi connectivity index (χ3v) is 2.63. The maximum Gasteiger partial charge on any atom is 0.150 e. The van der Waals surface area contributed by atoms with Gasteiger partial charge in [-0.15, -0.1) is 0 Å². The summed E-state index contributed by atoms with van der Waals surface area (Å²) in [4.78, 5) is 10.6. The summed E-state index contributed by atoms with van der Waals surface area (Å²) in [7, 11) is 0. The fourth-order valence-electron chi connectivity index (χ4n) is 1.55. The molecule has 17 heavy (non-hydrogen) atoms. The third-order valence-electron chi connectivity index (χ3n) is 2.30. The van der Waals surface area contributed by atoms with Crippen molar-refractivity contribution in [2.45, 2.75) is 0 Å². The Hall–Kier alpha value is -1.74. The van der Waals surface area contributed by atoms with Crippen LogP contribution in [-0.4, -0.2) is 6.29 Å². The second-order valence-electron chi connectivity index (χ2n) is 3.52. The van der Waals surface area contributed by atoms with Crippen molar-refractivity contribution in [2.24, 2.45) is 0 Å². The molecule has 2 rings (SSSR count). The summed E-state index contributed by atoms with van der Waals surface area (Å²) in [5.74, 6) is -1.04. The molecule has 0 unspecified atom stereocenters. The largest absolute Gasteiger partial charge is 0.298 e. The molecule has 0 aliphatic carbocycles. The molecule has 1 nitrogen and oxygen atoms in total. The van der Waals surface area contributed by atoms with Crippen LogP contribution >= 0.6 is 11.6 Å². The van der Waals surface area contributed by atoms with Crippen molar-refractivity contribution in [1.29, 1.82) is 0 Å². The molecule has 0 saturated heterocycles. The highest BCUT2D eigenvalue weighted by Crippen LogP contribution is 2.29. The van der Waals surface area contributed by atoms with Crippen molar-refractivity contribution < 1.29 is 13.6 Å². The standard InChI is InChI=1S/C13H7ClF2O/c14-13-2-1-10(15)6-12(13)9-3-8(7-17)4-11(16)5-9/h1-7H. The Morgan fingerprint density at radius 1 is 1.00 bits per heavy atom. The van der Waals surface area contributed by atoms with E-state index in [0.29, 0.717) is 22.4 Å². The second kappa shape index (κ2) is 4.63. The lowest BCUT2D eigenvalue weighted by Crippen LogP contribution is -1.88. The van der Waals surface area contributed by atoms with Gasteiger partial charge in [-0.1, -0.05) is 11.6 Å². The van der Waals surface area contributed by atoms with Crippen molar-refractivity contribution in [3.05, 3.63) is 58.6 Å². The van der Waals surface area contributed by atoms with Crippen molar-refractivity contribution >= 4 is 17.9 Å². The monoisotopic (exact) mass is 252 g/mol. The van der Waals surface area contributed by atoms with Crippen LogP contribution in [0.25, 0.3) is 11.1 Å². The molecule has 0 saturated carbocycles. The van der Waals surface area contributed by atoms with Gasteiger partial charge in [0.15, 0.2) is 0 Å². The second-order valence-corrected chi connectivity index (χ2v) is 3.92. The number of rotatable bonds is 2. The van der Waals surface area contributed by atoms with Gasteiger partial charge in [0.05, 0.1) is 0 Å². The fraction of sp³-hybridized carbons (Fsp3) is 0. The highest BCUT2D eigenvalue weighted by atomic mass is 35.5. The third kappa shape index (κ3) is 2.50. The normalized spacial score (nSPS) is 10.3. The van der Waals surface area contributed by atoms with E-state index in [-0.39, 0.29) is 5.56 Å². The fourth-order valence-corrected chi connectivity index (χ4v) is 1.78. The van der Waals surface area contributed by atoms with E-state index in [1.54, 1.807) is 0 Å². The number of aldehydes is 1. The lowest BCUT2D eigenvalue weighted by molar-refractivity contribution is 0.112. The predicted molar refractivity (Wildman–Crippen MR) is 62.2 cm³/mol. The van der Waals surface area contributed by atoms with E-state index in [1.165, 1.54) is 30.3 Å². The van der Waals surface area contributed by atoms with Crippen LogP contribution in [0, 0.1) is 11.6 Å². The molecule has 0 aliphatic rings. The van der Waals surface area contributed by atoms with E-state index < -0.39 is 11.6 Å². The Morgan fingerprint density at radius 2 is 1.76 bits per heavy atom. The van der Waals surface area contributed by atoms with Gasteiger partial charge in [0, 0.05) is 16.1 Å². The van der Waals surface area contributed by atoms with E-state index in [4.69, 9.17) is 11.6 Å². The summed E-state index contributed by atoms with van der Waals surface area (Å²) in [6.45, 7) is 0. The number of hydrogen-bond acceptors (Lipinski definition) is 1. The Bertz CT molecular complexity index is 582. The highest BCUT2D eigenvalue weighted by molar-refractivity contribution is 6.33. The van der Waals surface area contributed by atoms with Crippen molar-refractivity contribution in [3.8, 4) is 11.1 Å². The lowest BCUT2D eigenvalue weighted by Gasteiger charge is -2.06. The molecule has 0 radical (unpaired) electrons. The van der Waals surface area contributed by atoms with Crippen molar-refractivity contribution in [1.82, 2.24) is 0 Å². The summed E-state index contributed by atoms with van der Waals surface area (Å²) in [6, 6.07) is 7.56. The molecule has 0 atom stereocenters. The van der Waals surface area contributed by atoms with Crippen LogP contribution in [0.15, 0.2) is 36.4 Å². The van der Waals surface area contributed by atoms with Crippen LogP contribution in [0.2, 0.25) is 5.02 Å². The topological polar surface area (TPSA) is 17.1 Å². The summed E-state index contributed by atoms with van der Waals surface area (Å²) < 4.78 is 26.3. The number of carbonyl (C=O) groups excluding carboxylic acids is 1. The molecule has 0 bridgehead atoms. The van der Waals surface area contributed by atoms with Gasteiger partial charge in [0.2, 0.25) is 0 Å². The van der Waals surface area contributed by atoms with E-state index in [9.17, 15) is 13.6 Å². The zero-order chi connectivity index (χ0) is 12.4. The zero-order valence-electron chi connectivity index (χ0n) is 8.58. The van der Waals surface area contributed by atoms with Crippen molar-refractivity contribution in [2.75, 3.05) is 0 Å². The van der Waals surface area contributed by atoms with Gasteiger partial charge in [-0.2, -0.15) is 0 Å². The molecule has 0 N–H and O–H groups in total. The van der Waals surface area contributed by atoms with Gasteiger partial charge in [-0.3, -0.25) is 4.79 Å². The van der Waals surface area contributed by atoms with Crippen LogP contribution in [-0.2, 0) is 0 Å². The highest BCUT2D eigenvalue weighted by Gasteiger charge is 2.08. The van der Waals surface area contributed by atoms with E-state index >= 15 is 0 Å². The minimum absolute atomic E-state index is 0.181. The molecular weight excluding hydrogens is 246 g/mol. The molecule has 0 fully saturated rings. The van der Waals surface area contributed by atoms with E-state index in [0.717, 1.165) is 6.07 Å². The maximum atomic E-state index is 13.2. The molecular formula is C13H7ClF2O. The van der Waals surface area contributed by atoms with Crippen LogP contribution in [0.4, 0.5) is 8.78 Å². The minimum Gasteiger partial charge on any atom is -0.298 e. The smallest absolute Gasteiger partial charge is 0.150 e. The lowest BCUT2D eigenvalue weighted by atomic mass is 10.0. The Balaban J connectivity index is 2.63. The number of hydrogen-bond donors (Lipinski definition) is 0. The quantitative estimate of drug-likeness (QED) is 0.736. The first kappa shape index (κ1) is 11.7. The average Bonchev–Trinajstić information content (AvgIpc) is 2.31. The first-order valence-electron chi connectivity index (χ1n) is 4.81. The molecule has 0 heterocycles. The van der Waals surface area contributed by atoms with Crippen LogP contribution in [0.3, 0.4) is 0 Å². The van der Waals surface area contributed by atoms with Gasteiger partial charge in [-0.25, -0.2) is 8.78 Å². The van der Waals surface area contributed by atoms with Gasteiger partial charge in [0.25, 0.3) is 0 Å². The molecule has 2 aromatic carbocycles. The van der Waals surface area contributed by atoms with Gasteiger partial charge < -0.3 is 0 Å². The molecule has 4 heteroatoms. The summed E-state index contributed by atoms with van der Waals surface area (Å²) in [5, 5.41) is 0.300. The maximum absolute atomic E-state index is 13.2. The first-order chi connectivity index (χ1) is 8.10. The Labute approximate surface area is 102 Å².